The van der Waals surface area contributed by atoms with Gasteiger partial charge in [-0.2, -0.15) is 4.98 Å². The van der Waals surface area contributed by atoms with E-state index in [1.807, 2.05) is 37.0 Å². The highest BCUT2D eigenvalue weighted by molar-refractivity contribution is 14.1. The molecule has 1 saturated heterocycles. The highest BCUT2D eigenvalue weighted by atomic mass is 127. The van der Waals surface area contributed by atoms with Crippen molar-refractivity contribution in [2.24, 2.45) is 4.99 Å². The lowest BCUT2D eigenvalue weighted by atomic mass is 10.2. The fourth-order valence-corrected chi connectivity index (χ4v) is 10.9. The van der Waals surface area contributed by atoms with Crippen molar-refractivity contribution in [1.82, 2.24) is 19.4 Å². The molecule has 2 aromatic carbocycles. The van der Waals surface area contributed by atoms with Crippen LogP contribution >= 0.6 is 22.6 Å². The molecule has 0 bridgehead atoms. The summed E-state index contributed by atoms with van der Waals surface area (Å²) >= 11 is 2.13. The molecule has 1 aliphatic rings. The predicted octanol–water partition coefficient (Wildman–Crippen LogP) is 3.78. The molecule has 0 saturated carbocycles. The van der Waals surface area contributed by atoms with Gasteiger partial charge in [0.15, 0.2) is 5.65 Å². The smallest absolute Gasteiger partial charge is 0.262 e. The van der Waals surface area contributed by atoms with E-state index < -0.39 is 26.8 Å². The number of rotatable bonds is 8. The van der Waals surface area contributed by atoms with Gasteiger partial charge in [0.25, 0.3) is 13.9 Å². The number of nitrogens with one attached hydrogen (secondary N) is 1. The van der Waals surface area contributed by atoms with Crippen molar-refractivity contribution in [2.45, 2.75) is 50.7 Å². The minimum absolute atomic E-state index is 0.195. The number of aliphatic hydroxyl groups excluding tert-OH is 1. The number of aliphatic imine (C=N–C) groups is 1. The summed E-state index contributed by atoms with van der Waals surface area (Å²) < 4.78 is 16.1. The molecule has 2 aromatic heterocycles. The van der Waals surface area contributed by atoms with Crippen LogP contribution < -0.4 is 15.9 Å². The van der Waals surface area contributed by atoms with Crippen molar-refractivity contribution in [1.29, 1.82) is 0 Å². The second kappa shape index (κ2) is 11.8. The van der Waals surface area contributed by atoms with E-state index in [1.165, 1.54) is 10.4 Å². The van der Waals surface area contributed by atoms with Crippen molar-refractivity contribution in [3.63, 3.8) is 0 Å². The number of halogens is 1. The summed E-state index contributed by atoms with van der Waals surface area (Å²) in [5, 5.41) is 13.8. The number of aliphatic hydroxyl groups is 1. The second-order valence-corrected chi connectivity index (χ2v) is 17.1. The third-order valence-corrected chi connectivity index (χ3v) is 13.3. The Morgan fingerprint density at radius 3 is 2.34 bits per heavy atom. The van der Waals surface area contributed by atoms with Crippen LogP contribution in [0.2, 0.25) is 5.04 Å². The van der Waals surface area contributed by atoms with Crippen LogP contribution in [0.4, 0.5) is 5.95 Å². The molecule has 0 spiro atoms. The van der Waals surface area contributed by atoms with Gasteiger partial charge < -0.3 is 23.7 Å². The molecule has 216 valence electrons. The standard InChI is InChI=1S/C30H36IN5O4Si/c1-30(2,3)41(20-12-8-6-9-13-20,21-14-10-7-11-15-21)39-18-24-23(37)16-25(40-24)36-17-22(31)26-27(36)33-29(34-28(26)38)32-19-35(4)5/h6-15,17,19,23-25,37H,16,18H2,1-5H3,(H,33,34,38)/t23?,24-,25-/m1/s1. The molecule has 1 aliphatic heterocycles. The molecule has 3 atom stereocenters. The van der Waals surface area contributed by atoms with E-state index >= 15 is 0 Å². The summed E-state index contributed by atoms with van der Waals surface area (Å²) in [7, 11) is 0.886. The van der Waals surface area contributed by atoms with Gasteiger partial charge >= 0.3 is 0 Å². The maximum atomic E-state index is 12.9. The average molecular weight is 686 g/mol. The van der Waals surface area contributed by atoms with E-state index in [4.69, 9.17) is 9.16 Å². The lowest BCUT2D eigenvalue weighted by molar-refractivity contribution is -0.0397. The quantitative estimate of drug-likeness (QED) is 0.127. The SMILES string of the molecule is CN(C)C=Nc1nc2c(c(I)cn2[C@H]2CC(O)[C@@H](CO[Si](c3ccccc3)(c3ccccc3)C(C)(C)C)O2)c(=O)[nH]1. The normalized spacial score (nSPS) is 19.8. The Morgan fingerprint density at radius 2 is 1.78 bits per heavy atom. The first-order valence-corrected chi connectivity index (χ1v) is 16.6. The summed E-state index contributed by atoms with van der Waals surface area (Å²) in [5.74, 6) is 0.206. The number of hydrogen-bond acceptors (Lipinski definition) is 6. The van der Waals surface area contributed by atoms with Gasteiger partial charge in [-0.15, -0.1) is 0 Å². The Labute approximate surface area is 254 Å². The molecule has 41 heavy (non-hydrogen) atoms. The van der Waals surface area contributed by atoms with Gasteiger partial charge in [-0.05, 0) is 38.0 Å². The molecular formula is C30H36IN5O4Si. The van der Waals surface area contributed by atoms with Gasteiger partial charge in [0, 0.05) is 30.3 Å². The van der Waals surface area contributed by atoms with Gasteiger partial charge in [0.05, 0.1) is 24.4 Å². The lowest BCUT2D eigenvalue weighted by Crippen LogP contribution is -2.67. The van der Waals surface area contributed by atoms with Crippen LogP contribution in [0.3, 0.4) is 0 Å². The number of ether oxygens (including phenoxy) is 1. The number of aromatic amines is 1. The van der Waals surface area contributed by atoms with Gasteiger partial charge in [-0.25, -0.2) is 4.99 Å². The zero-order chi connectivity index (χ0) is 29.4. The molecule has 2 N–H and O–H groups in total. The van der Waals surface area contributed by atoms with Crippen LogP contribution in [-0.2, 0) is 9.16 Å². The topological polar surface area (TPSA) is 105 Å². The first kappa shape index (κ1) is 29.6. The number of hydrogen-bond donors (Lipinski definition) is 2. The number of fused-ring (bicyclic) bond motifs is 1. The predicted molar refractivity (Wildman–Crippen MR) is 173 cm³/mol. The van der Waals surface area contributed by atoms with Crippen LogP contribution in [0, 0.1) is 3.57 Å². The Morgan fingerprint density at radius 1 is 1.17 bits per heavy atom. The number of benzene rings is 2. The van der Waals surface area contributed by atoms with E-state index in [2.05, 4.69) is 107 Å². The molecule has 1 fully saturated rings. The monoisotopic (exact) mass is 685 g/mol. The van der Waals surface area contributed by atoms with Gasteiger partial charge in [0.1, 0.15) is 12.3 Å². The van der Waals surface area contributed by atoms with Crippen molar-refractivity contribution in [3.05, 3.63) is 80.8 Å². The van der Waals surface area contributed by atoms with E-state index in [0.29, 0.717) is 17.5 Å². The molecule has 1 unspecified atom stereocenters. The number of aromatic nitrogens is 3. The summed E-state index contributed by atoms with van der Waals surface area (Å²) in [5.41, 5.74) is 0.198. The minimum Gasteiger partial charge on any atom is -0.405 e. The molecule has 3 heterocycles. The van der Waals surface area contributed by atoms with Crippen LogP contribution in [-0.4, -0.2) is 72.1 Å². The zero-order valence-corrected chi connectivity index (χ0v) is 27.1. The molecule has 0 aliphatic carbocycles. The largest absolute Gasteiger partial charge is 0.405 e. The molecule has 11 heteroatoms. The summed E-state index contributed by atoms with van der Waals surface area (Å²) in [4.78, 5) is 26.3. The van der Waals surface area contributed by atoms with Crippen molar-refractivity contribution in [2.75, 3.05) is 20.7 Å². The third kappa shape index (κ3) is 5.78. The Kier molecular flexibility index (Phi) is 8.53. The van der Waals surface area contributed by atoms with E-state index in [1.54, 1.807) is 11.2 Å². The fourth-order valence-electron chi connectivity index (χ4n) is 5.56. The molecule has 4 aromatic rings. The van der Waals surface area contributed by atoms with E-state index in [0.717, 1.165) is 3.57 Å². The summed E-state index contributed by atoms with van der Waals surface area (Å²) in [6.45, 7) is 6.90. The Hall–Kier alpha value is -2.84. The highest BCUT2D eigenvalue weighted by Crippen LogP contribution is 2.38. The molecule has 0 radical (unpaired) electrons. The maximum Gasteiger partial charge on any atom is 0.262 e. The maximum absolute atomic E-state index is 12.9. The third-order valence-electron chi connectivity index (χ3n) is 7.43. The molecule has 9 nitrogen and oxygen atoms in total. The second-order valence-electron chi connectivity index (χ2n) is 11.6. The first-order chi connectivity index (χ1) is 19.5. The lowest BCUT2D eigenvalue weighted by Gasteiger charge is -2.43. The average Bonchev–Trinajstić information content (AvgIpc) is 3.47. The van der Waals surface area contributed by atoms with Gasteiger partial charge in [-0.1, -0.05) is 81.4 Å². The molecular weight excluding hydrogens is 649 g/mol. The first-order valence-electron chi connectivity index (χ1n) is 13.6. The Balaban J connectivity index is 1.46. The summed E-state index contributed by atoms with van der Waals surface area (Å²) in [6.07, 6.45) is 1.96. The van der Waals surface area contributed by atoms with Crippen molar-refractivity contribution >= 4 is 64.6 Å². The van der Waals surface area contributed by atoms with Crippen molar-refractivity contribution < 1.29 is 14.3 Å². The minimum atomic E-state index is -2.80. The van der Waals surface area contributed by atoms with E-state index in [9.17, 15) is 9.90 Å². The van der Waals surface area contributed by atoms with Crippen LogP contribution in [0.15, 0.2) is 76.6 Å². The van der Waals surface area contributed by atoms with Crippen molar-refractivity contribution in [3.8, 4) is 0 Å². The van der Waals surface area contributed by atoms with E-state index in [-0.39, 0.29) is 23.2 Å². The zero-order valence-electron chi connectivity index (χ0n) is 23.9. The molecule has 0 amide bonds. The van der Waals surface area contributed by atoms with Gasteiger partial charge in [-0.3, -0.25) is 9.78 Å². The summed E-state index contributed by atoms with van der Waals surface area (Å²) in [6, 6.07) is 20.8. The van der Waals surface area contributed by atoms with Gasteiger partial charge in [0.2, 0.25) is 5.95 Å². The fraction of sp³-hybridized carbons (Fsp3) is 0.367. The van der Waals surface area contributed by atoms with Crippen LogP contribution in [0.1, 0.15) is 33.4 Å². The van der Waals surface area contributed by atoms with Crippen LogP contribution in [0.5, 0.6) is 0 Å². The molecule has 5 rings (SSSR count). The number of H-pyrrole nitrogens is 1. The Bertz CT molecular complexity index is 1540. The highest BCUT2D eigenvalue weighted by Gasteiger charge is 2.51. The number of nitrogens with zero attached hydrogens (tertiary/aromatic N) is 4. The van der Waals surface area contributed by atoms with Crippen LogP contribution in [0.25, 0.3) is 11.0 Å².